The SMILES string of the molecule is OCc1cccc2ccc(CCCCCc3ccccc3)cc12. The highest BCUT2D eigenvalue weighted by Crippen LogP contribution is 2.21. The fourth-order valence-corrected chi connectivity index (χ4v) is 3.16. The Balaban J connectivity index is 1.53. The minimum atomic E-state index is 0.109. The smallest absolute Gasteiger partial charge is 0.0687 e. The van der Waals surface area contributed by atoms with Crippen LogP contribution < -0.4 is 0 Å². The molecule has 0 saturated carbocycles. The molecule has 0 aromatic heterocycles. The van der Waals surface area contributed by atoms with Crippen molar-refractivity contribution in [2.75, 3.05) is 0 Å². The lowest BCUT2D eigenvalue weighted by Crippen LogP contribution is -1.91. The second-order valence-corrected chi connectivity index (χ2v) is 6.18. The second kappa shape index (κ2) is 7.94. The maximum absolute atomic E-state index is 9.48. The van der Waals surface area contributed by atoms with Gasteiger partial charge >= 0.3 is 0 Å². The van der Waals surface area contributed by atoms with Gasteiger partial charge in [0, 0.05) is 0 Å². The van der Waals surface area contributed by atoms with Crippen molar-refractivity contribution in [3.8, 4) is 0 Å². The van der Waals surface area contributed by atoms with E-state index in [2.05, 4.69) is 54.6 Å². The van der Waals surface area contributed by atoms with Crippen LogP contribution in [0.25, 0.3) is 10.8 Å². The predicted octanol–water partition coefficient (Wildman–Crippen LogP) is 5.29. The van der Waals surface area contributed by atoms with E-state index < -0.39 is 0 Å². The molecule has 0 aliphatic rings. The van der Waals surface area contributed by atoms with Crippen LogP contribution >= 0.6 is 0 Å². The van der Waals surface area contributed by atoms with Crippen LogP contribution in [-0.4, -0.2) is 5.11 Å². The summed E-state index contributed by atoms with van der Waals surface area (Å²) < 4.78 is 0. The first-order chi connectivity index (χ1) is 11.4. The van der Waals surface area contributed by atoms with E-state index in [1.807, 2.05) is 12.1 Å². The van der Waals surface area contributed by atoms with E-state index in [9.17, 15) is 5.11 Å². The Bertz CT molecular complexity index is 746. The molecule has 0 heterocycles. The first-order valence-electron chi connectivity index (χ1n) is 8.52. The number of aryl methyl sites for hydroxylation is 2. The van der Waals surface area contributed by atoms with Crippen LogP contribution in [-0.2, 0) is 19.4 Å². The van der Waals surface area contributed by atoms with Crippen molar-refractivity contribution in [2.24, 2.45) is 0 Å². The summed E-state index contributed by atoms with van der Waals surface area (Å²) in [5.41, 5.74) is 3.83. The molecule has 0 amide bonds. The monoisotopic (exact) mass is 304 g/mol. The van der Waals surface area contributed by atoms with E-state index in [1.54, 1.807) is 0 Å². The zero-order valence-corrected chi connectivity index (χ0v) is 13.5. The lowest BCUT2D eigenvalue weighted by atomic mass is 9.99. The third-order valence-corrected chi connectivity index (χ3v) is 4.48. The molecule has 118 valence electrons. The fourth-order valence-electron chi connectivity index (χ4n) is 3.16. The highest BCUT2D eigenvalue weighted by atomic mass is 16.3. The van der Waals surface area contributed by atoms with Crippen molar-refractivity contribution in [3.05, 3.63) is 83.4 Å². The molecule has 0 saturated heterocycles. The van der Waals surface area contributed by atoms with Crippen molar-refractivity contribution in [3.63, 3.8) is 0 Å². The second-order valence-electron chi connectivity index (χ2n) is 6.18. The van der Waals surface area contributed by atoms with Gasteiger partial charge in [-0.15, -0.1) is 0 Å². The highest BCUT2D eigenvalue weighted by Gasteiger charge is 2.02. The molecule has 0 unspecified atom stereocenters. The maximum atomic E-state index is 9.48. The molecule has 3 aromatic rings. The van der Waals surface area contributed by atoms with Gasteiger partial charge in [0.15, 0.2) is 0 Å². The molecule has 0 fully saturated rings. The molecule has 0 aliphatic carbocycles. The molecular weight excluding hydrogens is 280 g/mol. The van der Waals surface area contributed by atoms with Crippen molar-refractivity contribution in [1.29, 1.82) is 0 Å². The lowest BCUT2D eigenvalue weighted by molar-refractivity contribution is 0.283. The fraction of sp³-hybridized carbons (Fsp3) is 0.273. The van der Waals surface area contributed by atoms with E-state index in [0.717, 1.165) is 12.0 Å². The average molecular weight is 304 g/mol. The van der Waals surface area contributed by atoms with E-state index in [-0.39, 0.29) is 6.61 Å². The minimum Gasteiger partial charge on any atom is -0.392 e. The molecule has 3 aromatic carbocycles. The van der Waals surface area contributed by atoms with Crippen molar-refractivity contribution in [1.82, 2.24) is 0 Å². The van der Waals surface area contributed by atoms with Crippen molar-refractivity contribution >= 4 is 10.8 Å². The maximum Gasteiger partial charge on any atom is 0.0687 e. The van der Waals surface area contributed by atoms with Gasteiger partial charge in [-0.2, -0.15) is 0 Å². The molecule has 0 radical (unpaired) electrons. The Labute approximate surface area is 138 Å². The predicted molar refractivity (Wildman–Crippen MR) is 97.6 cm³/mol. The molecule has 0 spiro atoms. The Kier molecular flexibility index (Phi) is 5.44. The molecule has 1 heteroatoms. The molecule has 0 atom stereocenters. The van der Waals surface area contributed by atoms with Crippen LogP contribution in [0.5, 0.6) is 0 Å². The summed E-state index contributed by atoms with van der Waals surface area (Å²) in [7, 11) is 0. The van der Waals surface area contributed by atoms with Gasteiger partial charge < -0.3 is 5.11 Å². The van der Waals surface area contributed by atoms with Crippen LogP contribution in [0.1, 0.15) is 36.0 Å². The van der Waals surface area contributed by atoms with Gasteiger partial charge in [-0.05, 0) is 53.1 Å². The number of benzene rings is 3. The third-order valence-electron chi connectivity index (χ3n) is 4.48. The van der Waals surface area contributed by atoms with Gasteiger partial charge in [0.1, 0.15) is 0 Å². The van der Waals surface area contributed by atoms with Gasteiger partial charge in [-0.1, -0.05) is 73.2 Å². The quantitative estimate of drug-likeness (QED) is 0.588. The van der Waals surface area contributed by atoms with Crippen molar-refractivity contribution in [2.45, 2.75) is 38.7 Å². The first kappa shape index (κ1) is 15.8. The van der Waals surface area contributed by atoms with Gasteiger partial charge in [0.05, 0.1) is 6.61 Å². The van der Waals surface area contributed by atoms with Crippen LogP contribution in [0.2, 0.25) is 0 Å². The summed E-state index contributed by atoms with van der Waals surface area (Å²) in [4.78, 5) is 0. The van der Waals surface area contributed by atoms with Crippen LogP contribution in [0.15, 0.2) is 66.7 Å². The Morgan fingerprint density at radius 3 is 2.22 bits per heavy atom. The zero-order chi connectivity index (χ0) is 15.9. The number of hydrogen-bond donors (Lipinski definition) is 1. The third kappa shape index (κ3) is 4.20. The van der Waals surface area contributed by atoms with E-state index in [4.69, 9.17) is 0 Å². The normalized spacial score (nSPS) is 11.0. The molecule has 1 nitrogen and oxygen atoms in total. The molecule has 0 bridgehead atoms. The molecule has 23 heavy (non-hydrogen) atoms. The first-order valence-corrected chi connectivity index (χ1v) is 8.52. The number of aliphatic hydroxyl groups excluding tert-OH is 1. The van der Waals surface area contributed by atoms with Crippen LogP contribution in [0.4, 0.5) is 0 Å². The van der Waals surface area contributed by atoms with E-state index in [1.165, 1.54) is 47.6 Å². The molecule has 0 aliphatic heterocycles. The number of aliphatic hydroxyl groups is 1. The standard InChI is InChI=1S/C22H24O/c23-17-21-13-7-12-20-15-14-19(16-22(20)21)11-6-2-5-10-18-8-3-1-4-9-18/h1,3-4,7-9,12-16,23H,2,5-6,10-11,17H2. The summed E-state index contributed by atoms with van der Waals surface area (Å²) >= 11 is 0. The van der Waals surface area contributed by atoms with Crippen LogP contribution in [0, 0.1) is 0 Å². The van der Waals surface area contributed by atoms with Gasteiger partial charge in [-0.3, -0.25) is 0 Å². The summed E-state index contributed by atoms with van der Waals surface area (Å²) in [6.45, 7) is 0.109. The molecular formula is C22H24O. The largest absolute Gasteiger partial charge is 0.392 e. The Morgan fingerprint density at radius 2 is 1.43 bits per heavy atom. The van der Waals surface area contributed by atoms with Crippen LogP contribution in [0.3, 0.4) is 0 Å². The molecule has 1 N–H and O–H groups in total. The Morgan fingerprint density at radius 1 is 0.652 bits per heavy atom. The Hall–Kier alpha value is -2.12. The summed E-state index contributed by atoms with van der Waals surface area (Å²) in [5.74, 6) is 0. The zero-order valence-electron chi connectivity index (χ0n) is 13.5. The minimum absolute atomic E-state index is 0.109. The number of rotatable bonds is 7. The average Bonchev–Trinajstić information content (AvgIpc) is 2.61. The van der Waals surface area contributed by atoms with Crippen molar-refractivity contribution < 1.29 is 5.11 Å². The summed E-state index contributed by atoms with van der Waals surface area (Å²) in [6, 6.07) is 23.5. The number of fused-ring (bicyclic) bond motifs is 1. The summed E-state index contributed by atoms with van der Waals surface area (Å²) in [5, 5.41) is 11.9. The topological polar surface area (TPSA) is 20.2 Å². The highest BCUT2D eigenvalue weighted by molar-refractivity contribution is 5.86. The van der Waals surface area contributed by atoms with E-state index >= 15 is 0 Å². The summed E-state index contributed by atoms with van der Waals surface area (Å²) in [6.07, 6.45) is 6.02. The number of unbranched alkanes of at least 4 members (excludes halogenated alkanes) is 2. The van der Waals surface area contributed by atoms with Gasteiger partial charge in [0.2, 0.25) is 0 Å². The van der Waals surface area contributed by atoms with Gasteiger partial charge in [0.25, 0.3) is 0 Å². The van der Waals surface area contributed by atoms with E-state index in [0.29, 0.717) is 0 Å². The van der Waals surface area contributed by atoms with Gasteiger partial charge in [-0.25, -0.2) is 0 Å². The lowest BCUT2D eigenvalue weighted by Gasteiger charge is -2.07. The molecule has 3 rings (SSSR count). The number of hydrogen-bond acceptors (Lipinski definition) is 1.